The van der Waals surface area contributed by atoms with Crippen LogP contribution in [-0.2, 0) is 15.0 Å². The first-order chi connectivity index (χ1) is 8.55. The Bertz CT molecular complexity index is 408. The topological polar surface area (TPSA) is 80.3 Å². The van der Waals surface area contributed by atoms with E-state index in [4.69, 9.17) is 0 Å². The third-order valence-electron chi connectivity index (χ3n) is 3.12. The number of carbonyl (C=O) groups excluding carboxylic acids is 2. The maximum atomic E-state index is 11.3. The van der Waals surface area contributed by atoms with Gasteiger partial charge in [-0.25, -0.2) is 0 Å². The molecule has 6 heteroatoms. The molecule has 1 rings (SSSR count). The molecule has 0 amide bonds. The van der Waals surface area contributed by atoms with Crippen molar-refractivity contribution in [1.82, 2.24) is 0 Å². The quantitative estimate of drug-likeness (QED) is 0.285. The van der Waals surface area contributed by atoms with E-state index in [0.717, 1.165) is 12.8 Å². The maximum Gasteiger partial charge on any atom is 1.00 e. The number of aliphatic carboxylic acids is 2. The van der Waals surface area contributed by atoms with Crippen molar-refractivity contribution in [2.45, 2.75) is 38.0 Å². The van der Waals surface area contributed by atoms with Crippen LogP contribution in [0.1, 0.15) is 38.2 Å². The second-order valence-corrected chi connectivity index (χ2v) is 4.30. The van der Waals surface area contributed by atoms with E-state index in [9.17, 15) is 19.8 Å². The van der Waals surface area contributed by atoms with Crippen LogP contribution in [-0.4, -0.2) is 11.9 Å². The summed E-state index contributed by atoms with van der Waals surface area (Å²) < 4.78 is 0. The molecule has 0 spiro atoms. The van der Waals surface area contributed by atoms with E-state index in [1.807, 2.05) is 6.92 Å². The number of unbranched alkanes of at least 4 members (excludes halogenated alkanes) is 2. The summed E-state index contributed by atoms with van der Waals surface area (Å²) in [7, 11) is 0. The van der Waals surface area contributed by atoms with Crippen LogP contribution in [0.15, 0.2) is 30.3 Å². The number of carboxylic acids is 2. The summed E-state index contributed by atoms with van der Waals surface area (Å²) in [5.41, 5.74) is -1.84. The van der Waals surface area contributed by atoms with Gasteiger partial charge in [0.05, 0.1) is 17.4 Å². The van der Waals surface area contributed by atoms with Crippen molar-refractivity contribution in [3.63, 3.8) is 0 Å². The van der Waals surface area contributed by atoms with Gasteiger partial charge in [-0.15, -0.1) is 0 Å². The van der Waals surface area contributed by atoms with Gasteiger partial charge in [0.15, 0.2) is 0 Å². The smallest absolute Gasteiger partial charge is 0.549 e. The Kier molecular flexibility index (Phi) is 13.1. The van der Waals surface area contributed by atoms with Crippen molar-refractivity contribution < 1.29 is 101 Å². The van der Waals surface area contributed by atoms with Crippen LogP contribution >= 0.6 is 0 Å². The predicted molar refractivity (Wildman–Crippen MR) is 62.3 cm³/mol. The molecule has 0 N–H and O–H groups in total. The molecule has 98 valence electrons. The average Bonchev–Trinajstić information content (AvgIpc) is 2.35. The second-order valence-electron chi connectivity index (χ2n) is 4.30. The number of rotatable bonds is 7. The Balaban J connectivity index is 0. The molecule has 0 fully saturated rings. The molecule has 0 unspecified atom stereocenters. The normalized spacial score (nSPS) is 10.1. The van der Waals surface area contributed by atoms with E-state index in [1.165, 1.54) is 12.1 Å². The molecule has 0 heterocycles. The molecule has 1 aromatic rings. The zero-order valence-corrected chi connectivity index (χ0v) is 17.5. The molecule has 0 bridgehead atoms. The van der Waals surface area contributed by atoms with E-state index in [-0.39, 0.29) is 92.9 Å². The van der Waals surface area contributed by atoms with Crippen molar-refractivity contribution in [3.05, 3.63) is 35.9 Å². The molecule has 20 heavy (non-hydrogen) atoms. The molecular formula is C14H16KNaO4. The largest absolute Gasteiger partial charge is 1.00 e. The Hall–Kier alpha value is 0.796. The van der Waals surface area contributed by atoms with Gasteiger partial charge in [-0.1, -0.05) is 56.5 Å². The minimum absolute atomic E-state index is 0. The number of carboxylic acid groups (broad SMARTS) is 2. The van der Waals surface area contributed by atoms with Crippen LogP contribution < -0.4 is 91.2 Å². The minimum Gasteiger partial charge on any atom is -0.549 e. The number of benzene rings is 1. The van der Waals surface area contributed by atoms with Gasteiger partial charge in [0, 0.05) is 0 Å². The van der Waals surface area contributed by atoms with Gasteiger partial charge in [0.2, 0.25) is 0 Å². The van der Waals surface area contributed by atoms with E-state index < -0.39 is 17.4 Å². The summed E-state index contributed by atoms with van der Waals surface area (Å²) in [6.45, 7) is 1.96. The SMILES string of the molecule is CCCCCC(C(=O)[O-])(C(=O)[O-])c1ccccc1.[K+].[Na+]. The summed E-state index contributed by atoms with van der Waals surface area (Å²) in [6, 6.07) is 7.88. The van der Waals surface area contributed by atoms with Gasteiger partial charge in [-0.3, -0.25) is 0 Å². The first-order valence-electron chi connectivity index (χ1n) is 6.04. The second kappa shape index (κ2) is 11.4. The molecule has 0 aliphatic heterocycles. The molecule has 0 aromatic heterocycles. The first-order valence-corrected chi connectivity index (χ1v) is 6.04. The predicted octanol–water partition coefficient (Wildman–Crippen LogP) is -5.99. The van der Waals surface area contributed by atoms with Gasteiger partial charge in [-0.2, -0.15) is 0 Å². The molecule has 0 atom stereocenters. The van der Waals surface area contributed by atoms with Crippen LogP contribution in [0.25, 0.3) is 0 Å². The summed E-state index contributed by atoms with van der Waals surface area (Å²) >= 11 is 0. The fourth-order valence-electron chi connectivity index (χ4n) is 2.03. The summed E-state index contributed by atoms with van der Waals surface area (Å²) in [4.78, 5) is 22.7. The Labute approximate surface area is 184 Å². The van der Waals surface area contributed by atoms with E-state index >= 15 is 0 Å². The zero-order chi connectivity index (χ0) is 13.6. The van der Waals surface area contributed by atoms with Crippen LogP contribution in [0.2, 0.25) is 0 Å². The average molecular weight is 310 g/mol. The van der Waals surface area contributed by atoms with Crippen LogP contribution in [0.5, 0.6) is 0 Å². The Morgan fingerprint density at radius 2 is 1.55 bits per heavy atom. The van der Waals surface area contributed by atoms with Gasteiger partial charge in [-0.05, 0) is 12.0 Å². The molecular weight excluding hydrogens is 294 g/mol. The maximum absolute atomic E-state index is 11.3. The standard InChI is InChI=1S/C14H18O4.K.Na/c1-2-3-7-10-14(12(15)16,13(17)18)11-8-5-4-6-9-11;;/h4-6,8-9H,2-3,7,10H2,1H3,(H,15,16)(H,17,18);;/q;2*+1/p-2. The number of carbonyl (C=O) groups is 2. The Morgan fingerprint density at radius 1 is 1.05 bits per heavy atom. The van der Waals surface area contributed by atoms with Crippen molar-refractivity contribution in [1.29, 1.82) is 0 Å². The van der Waals surface area contributed by atoms with Gasteiger partial charge >= 0.3 is 80.9 Å². The van der Waals surface area contributed by atoms with Crippen LogP contribution in [0, 0.1) is 0 Å². The summed E-state index contributed by atoms with van der Waals surface area (Å²) in [6.07, 6.45) is 2.16. The third-order valence-corrected chi connectivity index (χ3v) is 3.12. The fourth-order valence-corrected chi connectivity index (χ4v) is 2.03. The molecule has 0 aliphatic rings. The van der Waals surface area contributed by atoms with E-state index in [1.54, 1.807) is 18.2 Å². The first kappa shape index (κ1) is 23.1. The molecule has 0 saturated heterocycles. The molecule has 0 radical (unpaired) electrons. The van der Waals surface area contributed by atoms with Gasteiger partial charge < -0.3 is 19.8 Å². The molecule has 4 nitrogen and oxygen atoms in total. The van der Waals surface area contributed by atoms with E-state index in [0.29, 0.717) is 6.42 Å². The molecule has 0 saturated carbocycles. The van der Waals surface area contributed by atoms with Crippen molar-refractivity contribution in [2.24, 2.45) is 0 Å². The van der Waals surface area contributed by atoms with Crippen molar-refractivity contribution in [3.8, 4) is 0 Å². The minimum atomic E-state index is -2.05. The zero-order valence-electron chi connectivity index (χ0n) is 12.3. The van der Waals surface area contributed by atoms with Gasteiger partial charge in [0.25, 0.3) is 0 Å². The number of hydrogen-bond donors (Lipinski definition) is 0. The molecule has 0 aliphatic carbocycles. The van der Waals surface area contributed by atoms with Crippen molar-refractivity contribution >= 4 is 11.9 Å². The summed E-state index contributed by atoms with van der Waals surface area (Å²) in [5, 5.41) is 22.7. The summed E-state index contributed by atoms with van der Waals surface area (Å²) in [5.74, 6) is -3.21. The fraction of sp³-hybridized carbons (Fsp3) is 0.429. The van der Waals surface area contributed by atoms with Crippen molar-refractivity contribution in [2.75, 3.05) is 0 Å². The molecule has 1 aromatic carbocycles. The van der Waals surface area contributed by atoms with Crippen LogP contribution in [0.3, 0.4) is 0 Å². The third kappa shape index (κ3) is 5.53. The Morgan fingerprint density at radius 3 is 1.95 bits per heavy atom. The monoisotopic (exact) mass is 310 g/mol. The van der Waals surface area contributed by atoms with E-state index in [2.05, 4.69) is 0 Å². The van der Waals surface area contributed by atoms with Gasteiger partial charge in [0.1, 0.15) is 0 Å². The number of hydrogen-bond acceptors (Lipinski definition) is 4. The van der Waals surface area contributed by atoms with Crippen LogP contribution in [0.4, 0.5) is 0 Å².